The predicted molar refractivity (Wildman–Crippen MR) is 168 cm³/mol. The molecule has 5 rings (SSSR count). The maximum atomic E-state index is 11.8. The van der Waals surface area contributed by atoms with E-state index in [1.807, 2.05) is 13.8 Å². The Bertz CT molecular complexity index is 1000. The summed E-state index contributed by atoms with van der Waals surface area (Å²) in [6, 6.07) is 0.607. The number of fused-ring (bicyclic) bond motifs is 5. The average Bonchev–Trinajstić information content (AvgIpc) is 3.56. The summed E-state index contributed by atoms with van der Waals surface area (Å²) in [6.07, 6.45) is 14.5. The lowest BCUT2D eigenvalue weighted by molar-refractivity contribution is -0.167. The van der Waals surface area contributed by atoms with Crippen molar-refractivity contribution in [2.45, 2.75) is 136 Å². The Labute approximate surface area is 257 Å². The molecule has 5 aliphatic rings. The summed E-state index contributed by atoms with van der Waals surface area (Å²) in [5.41, 5.74) is 0.580. The van der Waals surface area contributed by atoms with Gasteiger partial charge in [-0.2, -0.15) is 8.42 Å². The largest absolute Gasteiger partial charge is 0.397 e. The maximum absolute atomic E-state index is 11.8. The average molecular weight is 611 g/mol. The second kappa shape index (κ2) is 13.2. The maximum Gasteiger partial charge on any atom is 0.397 e. The Balaban J connectivity index is 1.18. The number of aliphatic hydroxyl groups is 1. The molecule has 1 heterocycles. The van der Waals surface area contributed by atoms with E-state index in [2.05, 4.69) is 31.0 Å². The van der Waals surface area contributed by atoms with Gasteiger partial charge in [0.2, 0.25) is 0 Å². The molecule has 0 unspecified atom stereocenters. The molecular formula is C34H62N2O5S. The van der Waals surface area contributed by atoms with Gasteiger partial charge in [0, 0.05) is 6.04 Å². The highest BCUT2D eigenvalue weighted by Crippen LogP contribution is 2.68. The van der Waals surface area contributed by atoms with Crippen molar-refractivity contribution in [3.8, 4) is 0 Å². The van der Waals surface area contributed by atoms with E-state index in [9.17, 15) is 18.1 Å². The monoisotopic (exact) mass is 610 g/mol. The summed E-state index contributed by atoms with van der Waals surface area (Å²) in [5.74, 6) is 3.30. The van der Waals surface area contributed by atoms with Crippen LogP contribution in [-0.4, -0.2) is 67.4 Å². The molecule has 4 saturated carbocycles. The van der Waals surface area contributed by atoms with Crippen LogP contribution in [0.15, 0.2) is 0 Å². The zero-order valence-electron chi connectivity index (χ0n) is 27.3. The number of nitrogens with zero attached hydrogens (tertiary/aromatic N) is 1. The van der Waals surface area contributed by atoms with Gasteiger partial charge in [0.25, 0.3) is 0 Å². The smallest absolute Gasteiger partial charge is 0.393 e. The van der Waals surface area contributed by atoms with Crippen LogP contribution in [0.4, 0.5) is 0 Å². The summed E-state index contributed by atoms with van der Waals surface area (Å²) in [5, 5.41) is 15.7. The van der Waals surface area contributed by atoms with Gasteiger partial charge >= 0.3 is 10.4 Å². The fourth-order valence-corrected chi connectivity index (χ4v) is 11.9. The van der Waals surface area contributed by atoms with Crippen LogP contribution < -0.4 is 5.32 Å². The third-order valence-corrected chi connectivity index (χ3v) is 14.1. The molecule has 42 heavy (non-hydrogen) atoms. The molecule has 3 N–H and O–H groups in total. The molecule has 8 heteroatoms. The molecule has 7 nitrogen and oxygen atoms in total. The van der Waals surface area contributed by atoms with Crippen LogP contribution in [0.1, 0.15) is 118 Å². The molecule has 0 spiro atoms. The normalized spacial score (nSPS) is 42.2. The number of rotatable bonds is 12. The first kappa shape index (κ1) is 33.1. The van der Waals surface area contributed by atoms with Crippen LogP contribution in [-0.2, 0) is 14.6 Å². The lowest BCUT2D eigenvalue weighted by Gasteiger charge is -2.62. The highest BCUT2D eigenvalue weighted by molar-refractivity contribution is 7.80. The van der Waals surface area contributed by atoms with Crippen molar-refractivity contribution >= 4 is 10.4 Å². The van der Waals surface area contributed by atoms with E-state index in [0.717, 1.165) is 19.4 Å². The van der Waals surface area contributed by atoms with Gasteiger partial charge < -0.3 is 15.3 Å². The first-order valence-electron chi connectivity index (χ1n) is 17.6. The summed E-state index contributed by atoms with van der Waals surface area (Å²) in [7, 11) is -4.45. The van der Waals surface area contributed by atoms with E-state index in [-0.39, 0.29) is 17.4 Å². The van der Waals surface area contributed by atoms with Gasteiger partial charge in [0.15, 0.2) is 0 Å². The van der Waals surface area contributed by atoms with Crippen LogP contribution >= 0.6 is 0 Å². The molecule has 1 aliphatic heterocycles. The minimum absolute atomic E-state index is 0.0211. The van der Waals surface area contributed by atoms with Crippen molar-refractivity contribution in [3.05, 3.63) is 0 Å². The van der Waals surface area contributed by atoms with E-state index in [1.165, 1.54) is 83.8 Å². The van der Waals surface area contributed by atoms with E-state index >= 15 is 0 Å². The molecule has 5 fully saturated rings. The molecule has 0 radical (unpaired) electrons. The molecule has 4 aliphatic carbocycles. The second-order valence-electron chi connectivity index (χ2n) is 16.2. The standard InChI is InChI=1S/C34H62N2O5S/c1-23(2)31(41-42(38,39)40)12-9-24(3)27-10-11-28-32-29(14-16-34(27,28)5)33(4)15-13-26(21-25(33)22-30(32)37)35-17-8-20-36-18-6-7-19-36/h23-32,35,37H,6-22H2,1-5H3,(H,38,39,40)/t24-,25-,26+,27-,28+,29+,30-,31-,32+,33+,34-/m1/s1. The molecule has 0 aromatic heterocycles. The van der Waals surface area contributed by atoms with Crippen molar-refractivity contribution in [2.75, 3.05) is 26.2 Å². The highest BCUT2D eigenvalue weighted by atomic mass is 32.3. The van der Waals surface area contributed by atoms with Crippen LogP contribution in [0.5, 0.6) is 0 Å². The van der Waals surface area contributed by atoms with Gasteiger partial charge in [-0.15, -0.1) is 0 Å². The van der Waals surface area contributed by atoms with Crippen LogP contribution in [0.2, 0.25) is 0 Å². The molecular weight excluding hydrogens is 548 g/mol. The summed E-state index contributed by atoms with van der Waals surface area (Å²) in [4.78, 5) is 2.61. The number of hydrogen-bond acceptors (Lipinski definition) is 6. The highest BCUT2D eigenvalue weighted by Gasteiger charge is 2.62. The number of likely N-dealkylation sites (tertiary alicyclic amines) is 1. The van der Waals surface area contributed by atoms with Gasteiger partial charge in [-0.3, -0.25) is 4.55 Å². The number of nitrogens with one attached hydrogen (secondary N) is 1. The fraction of sp³-hybridized carbons (Fsp3) is 1.00. The molecule has 0 aromatic rings. The zero-order chi connectivity index (χ0) is 30.3. The minimum Gasteiger partial charge on any atom is -0.393 e. The van der Waals surface area contributed by atoms with Crippen molar-refractivity contribution in [3.63, 3.8) is 0 Å². The van der Waals surface area contributed by atoms with Crippen LogP contribution in [0.3, 0.4) is 0 Å². The van der Waals surface area contributed by atoms with E-state index < -0.39 is 16.5 Å². The summed E-state index contributed by atoms with van der Waals surface area (Å²) >= 11 is 0. The van der Waals surface area contributed by atoms with Gasteiger partial charge in [-0.1, -0.05) is 34.6 Å². The van der Waals surface area contributed by atoms with Crippen molar-refractivity contribution in [1.29, 1.82) is 0 Å². The third-order valence-electron chi connectivity index (χ3n) is 13.6. The number of aliphatic hydroxyl groups excluding tert-OH is 1. The van der Waals surface area contributed by atoms with Gasteiger partial charge in [-0.25, -0.2) is 4.18 Å². The Morgan fingerprint density at radius 2 is 1.64 bits per heavy atom. The Hall–Kier alpha value is -0.250. The van der Waals surface area contributed by atoms with E-state index in [0.29, 0.717) is 53.4 Å². The molecule has 0 bridgehead atoms. The van der Waals surface area contributed by atoms with Crippen molar-refractivity contribution < 1.29 is 22.3 Å². The summed E-state index contributed by atoms with van der Waals surface area (Å²) < 4.78 is 37.1. The molecule has 244 valence electrons. The second-order valence-corrected chi connectivity index (χ2v) is 17.3. The van der Waals surface area contributed by atoms with E-state index in [1.54, 1.807) is 0 Å². The Kier molecular flexibility index (Phi) is 10.4. The zero-order valence-corrected chi connectivity index (χ0v) is 28.1. The Morgan fingerprint density at radius 3 is 2.33 bits per heavy atom. The van der Waals surface area contributed by atoms with Crippen molar-refractivity contribution in [1.82, 2.24) is 10.2 Å². The topological polar surface area (TPSA) is 99.1 Å². The minimum atomic E-state index is -4.45. The third kappa shape index (κ3) is 6.94. The fourth-order valence-electron chi connectivity index (χ4n) is 11.3. The van der Waals surface area contributed by atoms with Gasteiger partial charge in [0.1, 0.15) is 0 Å². The van der Waals surface area contributed by atoms with Crippen LogP contribution in [0.25, 0.3) is 0 Å². The Morgan fingerprint density at radius 1 is 0.952 bits per heavy atom. The lowest BCUT2D eigenvalue weighted by Crippen LogP contribution is -2.59. The van der Waals surface area contributed by atoms with Gasteiger partial charge in [0.05, 0.1) is 12.2 Å². The first-order chi connectivity index (χ1) is 19.8. The first-order valence-corrected chi connectivity index (χ1v) is 19.0. The molecule has 11 atom stereocenters. The summed E-state index contributed by atoms with van der Waals surface area (Å²) in [6.45, 7) is 16.3. The van der Waals surface area contributed by atoms with Crippen molar-refractivity contribution in [2.24, 2.45) is 52.3 Å². The van der Waals surface area contributed by atoms with E-state index in [4.69, 9.17) is 4.18 Å². The lowest BCUT2D eigenvalue weighted by atomic mass is 9.43. The quantitative estimate of drug-likeness (QED) is 0.176. The molecule has 1 saturated heterocycles. The molecule has 0 amide bonds. The molecule has 0 aromatic carbocycles. The predicted octanol–water partition coefficient (Wildman–Crippen LogP) is 6.32. The van der Waals surface area contributed by atoms with Crippen LogP contribution in [0, 0.1) is 52.3 Å². The number of hydrogen-bond donors (Lipinski definition) is 3. The SMILES string of the molecule is CC(C)[C@@H](CC[C@@H](C)[C@H]1CC[C@H]2[C@@H]3[C@H](O)C[C@H]4C[C@@H](NCCCN5CCCC5)CC[C@]4(C)[C@H]3CC[C@]12C)OS(=O)(=O)O. The van der Waals surface area contributed by atoms with Gasteiger partial charge in [-0.05, 0) is 162 Å².